The van der Waals surface area contributed by atoms with Crippen LogP contribution >= 0.6 is 0 Å². The van der Waals surface area contributed by atoms with Gasteiger partial charge in [0.2, 0.25) is 0 Å². The van der Waals surface area contributed by atoms with Gasteiger partial charge in [-0.15, -0.1) is 0 Å². The molecule has 1 atom stereocenters. The van der Waals surface area contributed by atoms with Crippen LogP contribution in [0.5, 0.6) is 0 Å². The highest BCUT2D eigenvalue weighted by atomic mass is 15.2. The number of hydrogen-bond donors (Lipinski definition) is 0. The first-order chi connectivity index (χ1) is 28.7. The van der Waals surface area contributed by atoms with E-state index < -0.39 is 0 Å². The Balaban J connectivity index is 1.16. The zero-order valence-corrected chi connectivity index (χ0v) is 31.4. The average molecular weight is 743 g/mol. The van der Waals surface area contributed by atoms with E-state index >= 15 is 0 Å². The summed E-state index contributed by atoms with van der Waals surface area (Å²) in [5, 5.41) is 26.9. The SMILES string of the molecule is N#Cc1cc(-c2ccccc2)ccc1N(c1ccccn1)c1ccc2ccc3c4c(ccc1c24)=CC[C@H]3N(c1ccccn1)c1ccc(-c2ccccc2)cc1C#N. The van der Waals surface area contributed by atoms with Crippen LogP contribution in [0.2, 0.25) is 0 Å². The number of aromatic nitrogens is 2. The molecule has 0 saturated heterocycles. The number of nitriles is 2. The van der Waals surface area contributed by atoms with E-state index in [4.69, 9.17) is 9.97 Å². The summed E-state index contributed by atoms with van der Waals surface area (Å²) >= 11 is 0. The van der Waals surface area contributed by atoms with E-state index in [9.17, 15) is 10.5 Å². The zero-order valence-electron chi connectivity index (χ0n) is 31.4. The van der Waals surface area contributed by atoms with Crippen LogP contribution in [0.15, 0.2) is 182 Å². The molecule has 7 aromatic carbocycles. The topological polar surface area (TPSA) is 79.8 Å². The van der Waals surface area contributed by atoms with Gasteiger partial charge in [0.1, 0.15) is 23.8 Å². The standard InChI is InChI=1S/C52H34N6/c53-33-41-31-39(35-11-3-1-4-12-35)21-25-45(41)57(49-15-7-9-29-55-49)47-27-19-37-18-24-44-48(28-20-38-17-23-43(47)51(37)52(38)44)58(50-16-8-10-30-56-50)46-26-22-40(32-42(46)34-54)36-13-5-2-6-14-36/h1-27,29-32,48H,28H2/t48-/m1/s1. The van der Waals surface area contributed by atoms with Gasteiger partial charge >= 0.3 is 0 Å². The van der Waals surface area contributed by atoms with Crippen molar-refractivity contribution in [1.29, 1.82) is 10.5 Å². The van der Waals surface area contributed by atoms with Gasteiger partial charge in [0.05, 0.1) is 34.2 Å². The minimum atomic E-state index is -0.154. The summed E-state index contributed by atoms with van der Waals surface area (Å²) in [7, 11) is 0. The quantitative estimate of drug-likeness (QED) is 0.154. The first-order valence-corrected chi connectivity index (χ1v) is 19.3. The van der Waals surface area contributed by atoms with Crippen molar-refractivity contribution in [2.24, 2.45) is 0 Å². The van der Waals surface area contributed by atoms with Gasteiger partial charge in [-0.3, -0.25) is 4.90 Å². The minimum absolute atomic E-state index is 0.154. The molecule has 10 rings (SSSR count). The maximum Gasteiger partial charge on any atom is 0.137 e. The van der Waals surface area contributed by atoms with Gasteiger partial charge in [-0.1, -0.05) is 121 Å². The Bertz CT molecular complexity index is 3120. The van der Waals surface area contributed by atoms with Gasteiger partial charge in [0, 0.05) is 17.8 Å². The Kier molecular flexibility index (Phi) is 8.63. The van der Waals surface area contributed by atoms with Gasteiger partial charge in [-0.25, -0.2) is 9.97 Å². The predicted octanol–water partition coefficient (Wildman–Crippen LogP) is 12.1. The summed E-state index contributed by atoms with van der Waals surface area (Å²) in [5.41, 5.74) is 8.83. The fraction of sp³-hybridized carbons (Fsp3) is 0.0385. The number of pyridine rings is 2. The van der Waals surface area contributed by atoms with Crippen molar-refractivity contribution >= 4 is 56.3 Å². The van der Waals surface area contributed by atoms with Crippen LogP contribution in [0.1, 0.15) is 29.2 Å². The van der Waals surface area contributed by atoms with E-state index in [2.05, 4.69) is 107 Å². The normalized spacial score (nSPS) is 13.0. The molecule has 0 bridgehead atoms. The molecule has 0 saturated carbocycles. The van der Waals surface area contributed by atoms with Crippen molar-refractivity contribution in [3.05, 3.63) is 204 Å². The van der Waals surface area contributed by atoms with Crippen molar-refractivity contribution in [3.63, 3.8) is 0 Å². The molecule has 0 aliphatic heterocycles. The summed E-state index contributed by atoms with van der Waals surface area (Å²) < 4.78 is 0. The lowest BCUT2D eigenvalue weighted by atomic mass is 9.85. The molecular formula is C52H34N6. The summed E-state index contributed by atoms with van der Waals surface area (Å²) in [6, 6.07) is 62.3. The maximum atomic E-state index is 10.6. The molecule has 1 aliphatic rings. The second-order valence-electron chi connectivity index (χ2n) is 14.4. The fourth-order valence-corrected chi connectivity index (χ4v) is 8.53. The number of hydrogen-bond acceptors (Lipinski definition) is 6. The number of anilines is 5. The molecule has 58 heavy (non-hydrogen) atoms. The van der Waals surface area contributed by atoms with Crippen molar-refractivity contribution in [3.8, 4) is 34.4 Å². The third-order valence-electron chi connectivity index (χ3n) is 11.1. The molecule has 1 aliphatic carbocycles. The second-order valence-corrected chi connectivity index (χ2v) is 14.4. The lowest BCUT2D eigenvalue weighted by Crippen LogP contribution is -2.29. The molecule has 0 spiro atoms. The van der Waals surface area contributed by atoms with E-state index in [1.165, 1.54) is 0 Å². The molecule has 6 heteroatoms. The van der Waals surface area contributed by atoms with Crippen LogP contribution in [0, 0.1) is 22.7 Å². The van der Waals surface area contributed by atoms with Crippen LogP contribution in [0.25, 0.3) is 49.9 Å². The van der Waals surface area contributed by atoms with E-state index in [0.29, 0.717) is 23.4 Å². The van der Waals surface area contributed by atoms with Gasteiger partial charge in [-0.05, 0) is 110 Å². The Labute approximate surface area is 336 Å². The first-order valence-electron chi connectivity index (χ1n) is 19.3. The van der Waals surface area contributed by atoms with Gasteiger partial charge < -0.3 is 4.90 Å². The van der Waals surface area contributed by atoms with Crippen molar-refractivity contribution in [2.45, 2.75) is 12.5 Å². The van der Waals surface area contributed by atoms with Crippen LogP contribution < -0.4 is 15.0 Å². The molecule has 272 valence electrons. The predicted molar refractivity (Wildman–Crippen MR) is 234 cm³/mol. The Morgan fingerprint density at radius 1 is 0.500 bits per heavy atom. The minimum Gasteiger partial charge on any atom is -0.317 e. The van der Waals surface area contributed by atoms with Crippen molar-refractivity contribution < 1.29 is 0 Å². The average Bonchev–Trinajstić information content (AvgIpc) is 3.30. The highest BCUT2D eigenvalue weighted by molar-refractivity contribution is 6.17. The second kappa shape index (κ2) is 14.5. The number of benzene rings is 7. The summed E-state index contributed by atoms with van der Waals surface area (Å²) in [6.45, 7) is 0. The molecule has 2 aromatic heterocycles. The van der Waals surface area contributed by atoms with Crippen molar-refractivity contribution in [1.82, 2.24) is 9.97 Å². The molecule has 0 N–H and O–H groups in total. The molecular weight excluding hydrogens is 709 g/mol. The smallest absolute Gasteiger partial charge is 0.137 e. The molecule has 0 unspecified atom stereocenters. The van der Waals surface area contributed by atoms with Gasteiger partial charge in [0.15, 0.2) is 0 Å². The molecule has 0 amide bonds. The van der Waals surface area contributed by atoms with Crippen molar-refractivity contribution in [2.75, 3.05) is 9.80 Å². The van der Waals surface area contributed by atoms with E-state index in [0.717, 1.165) is 77.5 Å². The van der Waals surface area contributed by atoms with Gasteiger partial charge in [-0.2, -0.15) is 10.5 Å². The third kappa shape index (κ3) is 5.89. The Hall–Kier alpha value is -8.06. The number of nitrogens with zero attached hydrogens (tertiary/aromatic N) is 6. The summed E-state index contributed by atoms with van der Waals surface area (Å²) in [5.74, 6) is 1.48. The van der Waals surface area contributed by atoms with Crippen LogP contribution in [0.4, 0.5) is 28.7 Å². The highest BCUT2D eigenvalue weighted by Crippen LogP contribution is 2.47. The lowest BCUT2D eigenvalue weighted by molar-refractivity contribution is 0.716. The third-order valence-corrected chi connectivity index (χ3v) is 11.1. The fourth-order valence-electron chi connectivity index (χ4n) is 8.53. The lowest BCUT2D eigenvalue weighted by Gasteiger charge is -2.36. The highest BCUT2D eigenvalue weighted by Gasteiger charge is 2.30. The van der Waals surface area contributed by atoms with Gasteiger partial charge in [0.25, 0.3) is 0 Å². The largest absolute Gasteiger partial charge is 0.317 e. The zero-order chi connectivity index (χ0) is 39.0. The molecule has 2 heterocycles. The molecule has 0 radical (unpaired) electrons. The summed E-state index contributed by atoms with van der Waals surface area (Å²) in [4.78, 5) is 14.0. The first kappa shape index (κ1) is 34.4. The van der Waals surface area contributed by atoms with E-state index in [1.54, 1.807) is 6.20 Å². The Morgan fingerprint density at radius 3 is 1.72 bits per heavy atom. The van der Waals surface area contributed by atoms with E-state index in [1.807, 2.05) is 97.2 Å². The van der Waals surface area contributed by atoms with Crippen LogP contribution in [-0.4, -0.2) is 9.97 Å². The monoisotopic (exact) mass is 742 g/mol. The molecule has 0 fully saturated rings. The summed E-state index contributed by atoms with van der Waals surface area (Å²) in [6.07, 6.45) is 6.62. The van der Waals surface area contributed by atoms with Crippen LogP contribution in [0.3, 0.4) is 0 Å². The molecule has 6 nitrogen and oxygen atoms in total. The Morgan fingerprint density at radius 2 is 1.09 bits per heavy atom. The van der Waals surface area contributed by atoms with E-state index in [-0.39, 0.29) is 6.04 Å². The molecule has 9 aromatic rings. The maximum absolute atomic E-state index is 10.6. The van der Waals surface area contributed by atoms with Crippen LogP contribution in [-0.2, 0) is 0 Å². The number of rotatable bonds is 8.